The third kappa shape index (κ3) is 16.8. The highest BCUT2D eigenvalue weighted by molar-refractivity contribution is 9.11. The first-order valence-electron chi connectivity index (χ1n) is 13.7. The fourth-order valence-electron chi connectivity index (χ4n) is 3.33. The van der Waals surface area contributed by atoms with Crippen LogP contribution in [0, 0.1) is 17.5 Å². The Morgan fingerprint density at radius 1 is 0.692 bits per heavy atom. The van der Waals surface area contributed by atoms with Gasteiger partial charge in [-0.1, -0.05) is 0 Å². The minimum atomic E-state index is -1.32. The predicted octanol–water partition coefficient (Wildman–Crippen LogP) is 3.86. The van der Waals surface area contributed by atoms with E-state index in [1.165, 1.54) is 55.7 Å². The molecule has 0 saturated carbocycles. The predicted molar refractivity (Wildman–Crippen MR) is 190 cm³/mol. The molecule has 0 unspecified atom stereocenters. The molecule has 0 heterocycles. The second-order valence-corrected chi connectivity index (χ2v) is 12.1. The zero-order valence-electron chi connectivity index (χ0n) is 26.9. The van der Waals surface area contributed by atoms with Gasteiger partial charge in [0.2, 0.25) is 0 Å². The summed E-state index contributed by atoms with van der Waals surface area (Å²) in [6.45, 7) is 2.63. The fraction of sp³-hybridized carbons (Fsp3) is 0.233. The fourth-order valence-corrected chi connectivity index (χ4v) is 4.47. The van der Waals surface area contributed by atoms with Crippen molar-refractivity contribution in [1.29, 1.82) is 0 Å². The van der Waals surface area contributed by atoms with Crippen LogP contribution in [0.5, 0.6) is 0 Å². The van der Waals surface area contributed by atoms with E-state index in [2.05, 4.69) is 69.1 Å². The molecule has 52 heavy (non-hydrogen) atoms. The van der Waals surface area contributed by atoms with Crippen LogP contribution in [0.25, 0.3) is 0 Å². The number of nitrogens with one attached hydrogen (secondary N) is 3. The molecular weight excluding hydrogens is 925 g/mol. The molecule has 3 amide bonds. The number of hydrogen-bond acceptors (Lipinski definition) is 11. The van der Waals surface area contributed by atoms with Crippen LogP contribution in [0.4, 0.5) is 13.2 Å². The van der Waals surface area contributed by atoms with Gasteiger partial charge in [-0.15, -0.1) is 12.4 Å². The number of carbonyl (C=O) groups is 5. The summed E-state index contributed by atoms with van der Waals surface area (Å²) in [5.74, 6) is -2.07. The summed E-state index contributed by atoms with van der Waals surface area (Å²) < 4.78 is 43.4. The number of carboxylic acid groups (broad SMARTS) is 1. The van der Waals surface area contributed by atoms with Crippen molar-refractivity contribution in [2.45, 2.75) is 38.1 Å². The van der Waals surface area contributed by atoms with Crippen molar-refractivity contribution in [2.75, 3.05) is 7.11 Å². The monoisotopic (exact) mass is 954 g/mol. The summed E-state index contributed by atoms with van der Waals surface area (Å²) in [6, 6.07) is 8.26. The van der Waals surface area contributed by atoms with Crippen LogP contribution in [-0.2, 0) is 14.3 Å². The average molecular weight is 958 g/mol. The first-order chi connectivity index (χ1) is 23.8. The molecule has 15 nitrogen and oxygen atoms in total. The number of hydrogen-bond donors (Lipinski definition) is 9. The number of nitrogens with two attached hydrogens (primary N) is 1. The Labute approximate surface area is 325 Å². The summed E-state index contributed by atoms with van der Waals surface area (Å²) in [6.07, 6.45) is -2.32. The van der Waals surface area contributed by atoms with E-state index >= 15 is 0 Å². The lowest BCUT2D eigenvalue weighted by atomic mass is 10.1. The molecule has 0 aromatic heterocycles. The molecule has 3 aromatic rings. The number of amides is 3. The number of carbonyl (C=O) groups excluding carboxylic acids is 4. The molecule has 22 heteroatoms. The maximum atomic E-state index is 13.0. The quantitative estimate of drug-likeness (QED) is 0.0843. The van der Waals surface area contributed by atoms with E-state index in [-0.39, 0.29) is 42.5 Å². The molecule has 0 aliphatic carbocycles. The summed E-state index contributed by atoms with van der Waals surface area (Å²) in [5.41, 5.74) is 1.67. The molecule has 0 aliphatic heterocycles. The van der Waals surface area contributed by atoms with E-state index in [0.29, 0.717) is 0 Å². The number of aromatic carboxylic acids is 1. The van der Waals surface area contributed by atoms with E-state index in [0.717, 1.165) is 25.3 Å². The first-order valence-corrected chi connectivity index (χ1v) is 16.1. The van der Waals surface area contributed by atoms with Gasteiger partial charge in [-0.05, 0) is 116 Å². The standard InChI is InChI=1S/C12H13BrFNO4.C11H12BrFN2O4.C7H4BrFO2.ClH.H3NO/c1-6(16)10(12(18)19-2)15-11(17)7-3-4-9(14)8(13)5-7;1-5(16)9(11(18)15-19)14-10(17)6-2-3-8(13)7(12)4-6;8-5-3-4(7(10)11)1-2-6(5)9;;1-2/h3-6,10,16H,1-2H3,(H,15,17);2-5,9,16,19H,1H3,(H,14,17)(H,15,18);1-3H,(H,10,11);1H;2H,1H2/t6-,10+;5-,9+;;;/m11.../s1. The maximum absolute atomic E-state index is 13.0. The number of rotatable bonds is 9. The number of aliphatic hydroxyl groups is 2. The SMILES string of the molecule is COC(=O)[C@@H](NC(=O)c1ccc(F)c(Br)c1)[C@@H](C)O.C[C@@H](O)[C@H](NC(=O)c1ccc(F)c(Br)c1)C(=O)NO.Cl.NO.O=C(O)c1ccc(F)c(Br)c1. The minimum Gasteiger partial charge on any atom is -0.478 e. The van der Waals surface area contributed by atoms with Crippen molar-refractivity contribution in [3.8, 4) is 0 Å². The van der Waals surface area contributed by atoms with Crippen LogP contribution < -0.4 is 22.0 Å². The van der Waals surface area contributed by atoms with Crippen LogP contribution in [0.1, 0.15) is 44.9 Å². The molecule has 10 N–H and O–H groups in total. The summed E-state index contributed by atoms with van der Waals surface area (Å²) in [4.78, 5) is 56.6. The summed E-state index contributed by atoms with van der Waals surface area (Å²) in [5, 5.41) is 46.8. The molecule has 4 atom stereocenters. The molecular formula is C30H33Br3ClF3N4O11. The van der Waals surface area contributed by atoms with Gasteiger partial charge in [0.1, 0.15) is 23.5 Å². The highest BCUT2D eigenvalue weighted by Crippen LogP contribution is 2.19. The maximum Gasteiger partial charge on any atom is 0.335 e. The second-order valence-electron chi connectivity index (χ2n) is 9.57. The van der Waals surface area contributed by atoms with Crippen LogP contribution in [0.2, 0.25) is 0 Å². The topological polar surface area (TPSA) is 258 Å². The van der Waals surface area contributed by atoms with Gasteiger partial charge in [0.05, 0.1) is 38.3 Å². The Morgan fingerprint density at radius 3 is 1.31 bits per heavy atom. The second kappa shape index (κ2) is 25.3. The van der Waals surface area contributed by atoms with Gasteiger partial charge < -0.3 is 35.9 Å². The molecule has 0 spiro atoms. The van der Waals surface area contributed by atoms with Crippen molar-refractivity contribution < 1.29 is 67.6 Å². The van der Waals surface area contributed by atoms with Crippen molar-refractivity contribution in [2.24, 2.45) is 5.90 Å². The largest absolute Gasteiger partial charge is 0.478 e. The highest BCUT2D eigenvalue weighted by Gasteiger charge is 2.27. The van der Waals surface area contributed by atoms with E-state index in [4.69, 9.17) is 15.5 Å². The molecule has 0 fully saturated rings. The number of halogens is 7. The molecule has 0 radical (unpaired) electrons. The Kier molecular flexibility index (Phi) is 24.6. The van der Waals surface area contributed by atoms with E-state index in [1.54, 1.807) is 0 Å². The van der Waals surface area contributed by atoms with Gasteiger partial charge >= 0.3 is 11.9 Å². The molecule has 3 aromatic carbocycles. The Bertz CT molecular complexity index is 1590. The van der Waals surface area contributed by atoms with E-state index in [1.807, 2.05) is 0 Å². The lowest BCUT2D eigenvalue weighted by molar-refractivity contribution is -0.145. The normalized spacial score (nSPS) is 12.0. The van der Waals surface area contributed by atoms with Gasteiger partial charge in [-0.3, -0.25) is 19.6 Å². The zero-order chi connectivity index (χ0) is 39.6. The number of ether oxygens (including phenoxy) is 1. The lowest BCUT2D eigenvalue weighted by Crippen LogP contribution is -2.51. The van der Waals surface area contributed by atoms with E-state index < -0.39 is 71.4 Å². The van der Waals surface area contributed by atoms with Gasteiger partial charge in [-0.25, -0.2) is 34.1 Å². The Balaban J connectivity index is 0. The number of benzene rings is 3. The molecule has 0 aliphatic rings. The number of methoxy groups -OCH3 is 1. The van der Waals surface area contributed by atoms with Crippen molar-refractivity contribution in [1.82, 2.24) is 16.1 Å². The van der Waals surface area contributed by atoms with Crippen LogP contribution >= 0.6 is 60.2 Å². The summed E-state index contributed by atoms with van der Waals surface area (Å²) >= 11 is 8.76. The van der Waals surface area contributed by atoms with Crippen LogP contribution in [-0.4, -0.2) is 86.8 Å². The average Bonchev–Trinajstić information content (AvgIpc) is 3.09. The smallest absolute Gasteiger partial charge is 0.335 e. The number of hydroxylamine groups is 1. The summed E-state index contributed by atoms with van der Waals surface area (Å²) in [7, 11) is 1.15. The van der Waals surface area contributed by atoms with Gasteiger partial charge in [-0.2, -0.15) is 0 Å². The van der Waals surface area contributed by atoms with Gasteiger partial charge in [0, 0.05) is 11.1 Å². The third-order valence-electron chi connectivity index (χ3n) is 5.92. The third-order valence-corrected chi connectivity index (χ3v) is 7.74. The zero-order valence-corrected chi connectivity index (χ0v) is 32.5. The van der Waals surface area contributed by atoms with Crippen molar-refractivity contribution in [3.05, 3.63) is 102 Å². The Morgan fingerprint density at radius 2 is 1.02 bits per heavy atom. The van der Waals surface area contributed by atoms with Crippen LogP contribution in [0.3, 0.4) is 0 Å². The minimum absolute atomic E-state index is 0. The number of esters is 1. The highest BCUT2D eigenvalue weighted by atomic mass is 79.9. The molecule has 288 valence electrons. The van der Waals surface area contributed by atoms with Gasteiger partial charge in [0.15, 0.2) is 6.04 Å². The Hall–Kier alpha value is -3.67. The van der Waals surface area contributed by atoms with Crippen LogP contribution in [0.15, 0.2) is 68.0 Å². The number of carboxylic acids is 1. The number of aliphatic hydroxyl groups excluding tert-OH is 2. The molecule has 3 rings (SSSR count). The van der Waals surface area contributed by atoms with E-state index in [9.17, 15) is 47.4 Å². The lowest BCUT2D eigenvalue weighted by Gasteiger charge is -2.19. The van der Waals surface area contributed by atoms with Gasteiger partial charge in [0.25, 0.3) is 17.7 Å². The molecule has 0 saturated heterocycles. The first kappa shape index (κ1) is 50.4. The van der Waals surface area contributed by atoms with Crippen molar-refractivity contribution >= 4 is 89.9 Å². The van der Waals surface area contributed by atoms with Crippen molar-refractivity contribution in [3.63, 3.8) is 0 Å². The molecule has 0 bridgehead atoms.